The minimum absolute atomic E-state index is 0.0918. The molecule has 0 aliphatic carbocycles. The molecule has 1 saturated heterocycles. The second-order valence-electron chi connectivity index (χ2n) is 5.16. The SMILES string of the molecule is O=C(O)CCCCNC(=O)c1ccc(C2SCCCS2)cc1. The van der Waals surface area contributed by atoms with E-state index in [4.69, 9.17) is 5.11 Å². The molecule has 0 unspecified atom stereocenters. The van der Waals surface area contributed by atoms with Gasteiger partial charge in [-0.1, -0.05) is 12.1 Å². The summed E-state index contributed by atoms with van der Waals surface area (Å²) in [4.78, 5) is 22.4. The molecule has 120 valence electrons. The van der Waals surface area contributed by atoms with Gasteiger partial charge in [0, 0.05) is 18.5 Å². The second kappa shape index (κ2) is 9.10. The molecule has 1 aromatic rings. The van der Waals surface area contributed by atoms with Crippen LogP contribution in [0.15, 0.2) is 24.3 Å². The first kappa shape index (κ1) is 17.2. The number of carbonyl (C=O) groups is 2. The summed E-state index contributed by atoms with van der Waals surface area (Å²) >= 11 is 3.93. The molecule has 1 aliphatic heterocycles. The summed E-state index contributed by atoms with van der Waals surface area (Å²) in [7, 11) is 0. The number of hydrogen-bond donors (Lipinski definition) is 2. The number of carbonyl (C=O) groups excluding carboxylic acids is 1. The highest BCUT2D eigenvalue weighted by Crippen LogP contribution is 2.43. The monoisotopic (exact) mass is 339 g/mol. The summed E-state index contributed by atoms with van der Waals surface area (Å²) in [5, 5.41) is 11.4. The first-order chi connectivity index (χ1) is 10.7. The zero-order chi connectivity index (χ0) is 15.8. The highest BCUT2D eigenvalue weighted by atomic mass is 32.2. The fraction of sp³-hybridized carbons (Fsp3) is 0.500. The largest absolute Gasteiger partial charge is 0.481 e. The summed E-state index contributed by atoms with van der Waals surface area (Å²) in [5.41, 5.74) is 1.93. The maximum atomic E-state index is 12.0. The number of rotatable bonds is 7. The molecule has 0 radical (unpaired) electrons. The van der Waals surface area contributed by atoms with Gasteiger partial charge < -0.3 is 10.4 Å². The number of thioether (sulfide) groups is 2. The lowest BCUT2D eigenvalue weighted by atomic mass is 10.1. The van der Waals surface area contributed by atoms with Crippen molar-refractivity contribution in [1.29, 1.82) is 0 Å². The van der Waals surface area contributed by atoms with E-state index in [0.29, 0.717) is 29.5 Å². The number of carboxylic acid groups (broad SMARTS) is 1. The van der Waals surface area contributed by atoms with Crippen molar-refractivity contribution in [2.45, 2.75) is 30.3 Å². The van der Waals surface area contributed by atoms with Crippen LogP contribution in [-0.4, -0.2) is 35.0 Å². The van der Waals surface area contributed by atoms with Crippen molar-refractivity contribution in [3.8, 4) is 0 Å². The van der Waals surface area contributed by atoms with Crippen LogP contribution in [0.2, 0.25) is 0 Å². The summed E-state index contributed by atoms with van der Waals surface area (Å²) < 4.78 is 0.488. The molecule has 2 N–H and O–H groups in total. The zero-order valence-electron chi connectivity index (χ0n) is 12.4. The van der Waals surface area contributed by atoms with E-state index in [-0.39, 0.29) is 12.3 Å². The van der Waals surface area contributed by atoms with Crippen LogP contribution in [0.5, 0.6) is 0 Å². The molecule has 2 rings (SSSR count). The lowest BCUT2D eigenvalue weighted by Crippen LogP contribution is -2.24. The minimum Gasteiger partial charge on any atom is -0.481 e. The van der Waals surface area contributed by atoms with Crippen molar-refractivity contribution in [1.82, 2.24) is 5.32 Å². The Bertz CT molecular complexity index is 499. The van der Waals surface area contributed by atoms with Crippen LogP contribution in [0.25, 0.3) is 0 Å². The van der Waals surface area contributed by atoms with E-state index in [9.17, 15) is 9.59 Å². The van der Waals surface area contributed by atoms with Crippen LogP contribution in [0, 0.1) is 0 Å². The number of carboxylic acids is 1. The molecular weight excluding hydrogens is 318 g/mol. The number of hydrogen-bond acceptors (Lipinski definition) is 4. The van der Waals surface area contributed by atoms with Gasteiger partial charge in [-0.05, 0) is 48.5 Å². The first-order valence-corrected chi connectivity index (χ1v) is 9.60. The van der Waals surface area contributed by atoms with Gasteiger partial charge in [0.1, 0.15) is 0 Å². The summed E-state index contributed by atoms with van der Waals surface area (Å²) in [5.74, 6) is 1.53. The van der Waals surface area contributed by atoms with Gasteiger partial charge in [-0.15, -0.1) is 23.5 Å². The average Bonchev–Trinajstić information content (AvgIpc) is 2.55. The molecule has 1 aliphatic rings. The summed E-state index contributed by atoms with van der Waals surface area (Å²) in [6, 6.07) is 7.82. The molecule has 1 amide bonds. The molecule has 0 bridgehead atoms. The maximum absolute atomic E-state index is 12.0. The smallest absolute Gasteiger partial charge is 0.303 e. The quantitative estimate of drug-likeness (QED) is 0.744. The first-order valence-electron chi connectivity index (χ1n) is 7.50. The molecule has 0 atom stereocenters. The number of benzene rings is 1. The van der Waals surface area contributed by atoms with Gasteiger partial charge in [0.2, 0.25) is 0 Å². The molecule has 6 heteroatoms. The second-order valence-corrected chi connectivity index (χ2v) is 7.88. The minimum atomic E-state index is -0.791. The average molecular weight is 339 g/mol. The predicted octanol–water partition coefficient (Wildman–Crippen LogP) is 3.54. The molecule has 22 heavy (non-hydrogen) atoms. The van der Waals surface area contributed by atoms with Gasteiger partial charge >= 0.3 is 5.97 Å². The van der Waals surface area contributed by atoms with Gasteiger partial charge in [-0.2, -0.15) is 0 Å². The van der Waals surface area contributed by atoms with E-state index in [1.165, 1.54) is 23.5 Å². The van der Waals surface area contributed by atoms with Gasteiger partial charge in [-0.3, -0.25) is 9.59 Å². The third kappa shape index (κ3) is 5.57. The normalized spacial score (nSPS) is 15.5. The Labute approximate surface area is 139 Å². The number of amides is 1. The molecule has 1 aromatic carbocycles. The van der Waals surface area contributed by atoms with E-state index < -0.39 is 5.97 Å². The molecule has 1 fully saturated rings. The van der Waals surface area contributed by atoms with Crippen molar-refractivity contribution in [2.75, 3.05) is 18.1 Å². The molecule has 4 nitrogen and oxygen atoms in total. The van der Waals surface area contributed by atoms with Crippen molar-refractivity contribution in [3.63, 3.8) is 0 Å². The fourth-order valence-electron chi connectivity index (χ4n) is 2.18. The Hall–Kier alpha value is -1.14. The summed E-state index contributed by atoms with van der Waals surface area (Å²) in [6.45, 7) is 0.516. The Morgan fingerprint density at radius 3 is 2.45 bits per heavy atom. The molecular formula is C16H21NO3S2. The van der Waals surface area contributed by atoms with Crippen molar-refractivity contribution in [2.24, 2.45) is 0 Å². The summed E-state index contributed by atoms with van der Waals surface area (Å²) in [6.07, 6.45) is 2.70. The Kier molecular flexibility index (Phi) is 7.12. The van der Waals surface area contributed by atoms with Crippen molar-refractivity contribution < 1.29 is 14.7 Å². The highest BCUT2D eigenvalue weighted by Gasteiger charge is 2.16. The van der Waals surface area contributed by atoms with Crippen LogP contribution in [0.3, 0.4) is 0 Å². The van der Waals surface area contributed by atoms with Gasteiger partial charge in [0.15, 0.2) is 0 Å². The standard InChI is InChI=1S/C16H21NO3S2/c18-14(19)4-1-2-9-17-15(20)12-5-7-13(8-6-12)16-21-10-3-11-22-16/h5-8,16H,1-4,9-11H2,(H,17,20)(H,18,19). The number of unbranched alkanes of at least 4 members (excludes halogenated alkanes) is 1. The number of nitrogens with one attached hydrogen (secondary N) is 1. The van der Waals surface area contributed by atoms with E-state index in [2.05, 4.69) is 5.32 Å². The molecule has 1 heterocycles. The van der Waals surface area contributed by atoms with Gasteiger partial charge in [-0.25, -0.2) is 0 Å². The number of aliphatic carboxylic acids is 1. The predicted molar refractivity (Wildman–Crippen MR) is 92.5 cm³/mol. The van der Waals surface area contributed by atoms with Crippen LogP contribution < -0.4 is 5.32 Å². The Morgan fingerprint density at radius 2 is 1.82 bits per heavy atom. The van der Waals surface area contributed by atoms with E-state index in [1.54, 1.807) is 0 Å². The van der Waals surface area contributed by atoms with E-state index in [0.717, 1.165) is 0 Å². The topological polar surface area (TPSA) is 66.4 Å². The molecule has 0 spiro atoms. The fourth-order valence-corrected chi connectivity index (χ4v) is 5.07. The lowest BCUT2D eigenvalue weighted by Gasteiger charge is -2.21. The van der Waals surface area contributed by atoms with Crippen LogP contribution >= 0.6 is 23.5 Å². The van der Waals surface area contributed by atoms with Crippen LogP contribution in [0.4, 0.5) is 0 Å². The third-order valence-electron chi connectivity index (χ3n) is 3.38. The van der Waals surface area contributed by atoms with Crippen molar-refractivity contribution in [3.05, 3.63) is 35.4 Å². The third-order valence-corrected chi connectivity index (χ3v) is 6.39. The van der Waals surface area contributed by atoms with Crippen LogP contribution in [-0.2, 0) is 4.79 Å². The Balaban J connectivity index is 1.77. The van der Waals surface area contributed by atoms with E-state index >= 15 is 0 Å². The molecule has 0 saturated carbocycles. The van der Waals surface area contributed by atoms with Crippen LogP contribution in [0.1, 0.15) is 46.2 Å². The highest BCUT2D eigenvalue weighted by molar-refractivity contribution is 8.16. The van der Waals surface area contributed by atoms with Gasteiger partial charge in [0.25, 0.3) is 5.91 Å². The van der Waals surface area contributed by atoms with Gasteiger partial charge in [0.05, 0.1) is 4.58 Å². The zero-order valence-corrected chi connectivity index (χ0v) is 14.0. The van der Waals surface area contributed by atoms with E-state index in [1.807, 2.05) is 47.8 Å². The maximum Gasteiger partial charge on any atom is 0.303 e. The molecule has 0 aromatic heterocycles. The lowest BCUT2D eigenvalue weighted by molar-refractivity contribution is -0.137. The Morgan fingerprint density at radius 1 is 1.14 bits per heavy atom. The van der Waals surface area contributed by atoms with Crippen molar-refractivity contribution >= 4 is 35.4 Å².